The Kier molecular flexibility index (Phi) is 6.24. The highest BCUT2D eigenvalue weighted by molar-refractivity contribution is 8.01. The Morgan fingerprint density at radius 1 is 1.11 bits per heavy atom. The van der Waals surface area contributed by atoms with Crippen molar-refractivity contribution in [3.8, 4) is 11.5 Å². The summed E-state index contributed by atoms with van der Waals surface area (Å²) in [7, 11) is 0. The van der Waals surface area contributed by atoms with E-state index in [9.17, 15) is 9.59 Å². The summed E-state index contributed by atoms with van der Waals surface area (Å²) in [5, 5.41) is 5.38. The van der Waals surface area contributed by atoms with E-state index in [0.717, 1.165) is 16.8 Å². The number of fused-ring (bicyclic) bond motifs is 1. The van der Waals surface area contributed by atoms with E-state index < -0.39 is 0 Å². The summed E-state index contributed by atoms with van der Waals surface area (Å²) < 4.78 is 10.6. The fourth-order valence-electron chi connectivity index (χ4n) is 2.49. The molecule has 6 nitrogen and oxygen atoms in total. The second kappa shape index (κ2) is 8.81. The van der Waals surface area contributed by atoms with Crippen molar-refractivity contribution in [3.63, 3.8) is 0 Å². The van der Waals surface area contributed by atoms with Crippen molar-refractivity contribution in [3.05, 3.63) is 53.6 Å². The second-order valence-corrected chi connectivity index (χ2v) is 7.60. The highest BCUT2D eigenvalue weighted by atomic mass is 32.2. The zero-order valence-corrected chi connectivity index (χ0v) is 16.1. The van der Waals surface area contributed by atoms with Crippen LogP contribution in [0.4, 0.5) is 5.69 Å². The Bertz CT molecular complexity index is 823. The van der Waals surface area contributed by atoms with Gasteiger partial charge in [-0.25, -0.2) is 0 Å². The first kappa shape index (κ1) is 19.1. The van der Waals surface area contributed by atoms with E-state index >= 15 is 0 Å². The van der Waals surface area contributed by atoms with Crippen LogP contribution in [0.2, 0.25) is 0 Å². The molecule has 2 aromatic carbocycles. The molecule has 1 aliphatic heterocycles. The van der Waals surface area contributed by atoms with E-state index in [4.69, 9.17) is 9.47 Å². The number of thioether (sulfide) groups is 1. The van der Waals surface area contributed by atoms with E-state index in [0.29, 0.717) is 18.0 Å². The summed E-state index contributed by atoms with van der Waals surface area (Å²) in [6, 6.07) is 13.2. The molecule has 0 aromatic heterocycles. The van der Waals surface area contributed by atoms with Gasteiger partial charge < -0.3 is 20.1 Å². The maximum Gasteiger partial charge on any atom is 0.234 e. The number of amides is 2. The van der Waals surface area contributed by atoms with Gasteiger partial charge in [-0.3, -0.25) is 9.59 Å². The number of hydrogen-bond donors (Lipinski definition) is 2. The molecule has 3 rings (SSSR count). The van der Waals surface area contributed by atoms with Crippen LogP contribution in [0.5, 0.6) is 11.5 Å². The smallest absolute Gasteiger partial charge is 0.234 e. The topological polar surface area (TPSA) is 76.7 Å². The van der Waals surface area contributed by atoms with E-state index in [1.807, 2.05) is 49.4 Å². The molecule has 0 unspecified atom stereocenters. The number of anilines is 1. The third kappa shape index (κ3) is 5.40. The highest BCUT2D eigenvalue weighted by Gasteiger charge is 2.17. The average Bonchev–Trinajstić information content (AvgIpc) is 3.13. The Morgan fingerprint density at radius 3 is 2.63 bits per heavy atom. The molecule has 2 N–H and O–H groups in total. The van der Waals surface area contributed by atoms with Gasteiger partial charge in [-0.1, -0.05) is 23.8 Å². The standard InChI is InChI=1S/C20H22N2O4S/c1-13-3-6-16(7-4-13)22-19(23)11-27-14(2)20(24)21-10-15-5-8-17-18(9-15)26-12-25-17/h3-9,14H,10-12H2,1-2H3,(H,21,24)(H,22,23)/t14-/m0/s1. The molecule has 7 heteroatoms. The van der Waals surface area contributed by atoms with Gasteiger partial charge in [0.2, 0.25) is 18.6 Å². The number of carbonyl (C=O) groups excluding carboxylic acids is 2. The quantitative estimate of drug-likeness (QED) is 0.765. The molecule has 1 aliphatic rings. The van der Waals surface area contributed by atoms with Crippen LogP contribution in [-0.4, -0.2) is 29.6 Å². The molecule has 27 heavy (non-hydrogen) atoms. The summed E-state index contributed by atoms with van der Waals surface area (Å²) in [4.78, 5) is 24.3. The predicted molar refractivity (Wildman–Crippen MR) is 106 cm³/mol. The van der Waals surface area contributed by atoms with Gasteiger partial charge in [0.1, 0.15) is 0 Å². The van der Waals surface area contributed by atoms with Crippen LogP contribution in [0.15, 0.2) is 42.5 Å². The minimum atomic E-state index is -0.331. The van der Waals surface area contributed by atoms with Crippen molar-refractivity contribution in [1.29, 1.82) is 0 Å². The molecule has 1 atom stereocenters. The summed E-state index contributed by atoms with van der Waals surface area (Å²) in [6.45, 7) is 4.41. The molecular formula is C20H22N2O4S. The van der Waals surface area contributed by atoms with Gasteiger partial charge >= 0.3 is 0 Å². The third-order valence-corrected chi connectivity index (χ3v) is 5.22. The van der Waals surface area contributed by atoms with Crippen molar-refractivity contribution < 1.29 is 19.1 Å². The first-order chi connectivity index (χ1) is 13.0. The van der Waals surface area contributed by atoms with Gasteiger partial charge in [0.05, 0.1) is 11.0 Å². The fraction of sp³-hybridized carbons (Fsp3) is 0.300. The molecule has 0 bridgehead atoms. The van der Waals surface area contributed by atoms with Crippen LogP contribution in [0.3, 0.4) is 0 Å². The van der Waals surface area contributed by atoms with Gasteiger partial charge in [0.15, 0.2) is 11.5 Å². The largest absolute Gasteiger partial charge is 0.454 e. The average molecular weight is 386 g/mol. The normalized spacial score (nSPS) is 13.1. The lowest BCUT2D eigenvalue weighted by Crippen LogP contribution is -2.31. The molecule has 0 fully saturated rings. The number of aryl methyl sites for hydroxylation is 1. The monoisotopic (exact) mass is 386 g/mol. The molecule has 1 heterocycles. The number of hydrogen-bond acceptors (Lipinski definition) is 5. The highest BCUT2D eigenvalue weighted by Crippen LogP contribution is 2.32. The molecule has 2 amide bonds. The number of nitrogens with one attached hydrogen (secondary N) is 2. The van der Waals surface area contributed by atoms with Gasteiger partial charge in [0, 0.05) is 12.2 Å². The minimum absolute atomic E-state index is 0.110. The number of ether oxygens (including phenoxy) is 2. The molecule has 0 aliphatic carbocycles. The number of rotatable bonds is 7. The molecule has 0 spiro atoms. The van der Waals surface area contributed by atoms with E-state index in [1.165, 1.54) is 11.8 Å². The van der Waals surface area contributed by atoms with Crippen LogP contribution in [0, 0.1) is 6.92 Å². The van der Waals surface area contributed by atoms with Gasteiger partial charge in [-0.2, -0.15) is 0 Å². The predicted octanol–water partition coefficient (Wildman–Crippen LogP) is 3.10. The zero-order chi connectivity index (χ0) is 19.2. The summed E-state index contributed by atoms with van der Waals surface area (Å²) in [5.41, 5.74) is 2.82. The Morgan fingerprint density at radius 2 is 1.85 bits per heavy atom. The Balaban J connectivity index is 1.41. The molecular weight excluding hydrogens is 364 g/mol. The second-order valence-electron chi connectivity index (χ2n) is 6.27. The molecule has 0 saturated carbocycles. The van der Waals surface area contributed by atoms with Gasteiger partial charge in [0.25, 0.3) is 0 Å². The molecule has 0 radical (unpaired) electrons. The maximum absolute atomic E-state index is 12.2. The number of benzene rings is 2. The third-order valence-electron chi connectivity index (χ3n) is 4.07. The van der Waals surface area contributed by atoms with E-state index in [2.05, 4.69) is 10.6 Å². The number of carbonyl (C=O) groups is 2. The van der Waals surface area contributed by atoms with Gasteiger partial charge in [-0.05, 0) is 43.7 Å². The maximum atomic E-state index is 12.2. The van der Waals surface area contributed by atoms with Crippen molar-refractivity contribution >= 4 is 29.3 Å². The van der Waals surface area contributed by atoms with E-state index in [1.54, 1.807) is 6.92 Å². The molecule has 142 valence electrons. The minimum Gasteiger partial charge on any atom is -0.454 e. The Hall–Kier alpha value is -2.67. The van der Waals surface area contributed by atoms with Crippen molar-refractivity contribution in [2.75, 3.05) is 17.9 Å². The van der Waals surface area contributed by atoms with Crippen LogP contribution in [0.1, 0.15) is 18.1 Å². The first-order valence-electron chi connectivity index (χ1n) is 8.65. The lowest BCUT2D eigenvalue weighted by molar-refractivity contribution is -0.120. The lowest BCUT2D eigenvalue weighted by atomic mass is 10.2. The Labute approximate surface area is 162 Å². The summed E-state index contributed by atoms with van der Waals surface area (Å²) in [6.07, 6.45) is 0. The van der Waals surface area contributed by atoms with Gasteiger partial charge in [-0.15, -0.1) is 11.8 Å². The SMILES string of the molecule is Cc1ccc(NC(=O)CS[C@@H](C)C(=O)NCc2ccc3c(c2)OCO3)cc1. The van der Waals surface area contributed by atoms with Crippen LogP contribution in [-0.2, 0) is 16.1 Å². The van der Waals surface area contributed by atoms with Crippen molar-refractivity contribution in [2.45, 2.75) is 25.6 Å². The van der Waals surface area contributed by atoms with Crippen molar-refractivity contribution in [1.82, 2.24) is 5.32 Å². The van der Waals surface area contributed by atoms with Crippen LogP contribution in [0.25, 0.3) is 0 Å². The van der Waals surface area contributed by atoms with Crippen LogP contribution >= 0.6 is 11.8 Å². The molecule has 2 aromatic rings. The zero-order valence-electron chi connectivity index (χ0n) is 15.3. The summed E-state index contributed by atoms with van der Waals surface area (Å²) >= 11 is 1.30. The lowest BCUT2D eigenvalue weighted by Gasteiger charge is -2.12. The van der Waals surface area contributed by atoms with E-state index in [-0.39, 0.29) is 29.6 Å². The fourth-order valence-corrected chi connectivity index (χ4v) is 3.20. The van der Waals surface area contributed by atoms with Crippen LogP contribution < -0.4 is 20.1 Å². The summed E-state index contributed by atoms with van der Waals surface area (Å²) in [5.74, 6) is 1.39. The molecule has 0 saturated heterocycles. The van der Waals surface area contributed by atoms with Crippen molar-refractivity contribution in [2.24, 2.45) is 0 Å². The first-order valence-corrected chi connectivity index (χ1v) is 9.70.